The summed E-state index contributed by atoms with van der Waals surface area (Å²) in [6.07, 6.45) is -28.4. The minimum absolute atomic E-state index is 0.684. The van der Waals surface area contributed by atoms with Gasteiger partial charge in [0.05, 0.1) is 31.5 Å². The van der Waals surface area contributed by atoms with E-state index in [1.54, 1.807) is 0 Å². The number of nitrogens with one attached hydrogen (secondary N) is 1. The van der Waals surface area contributed by atoms with E-state index >= 15 is 0 Å². The first-order chi connectivity index (χ1) is 21.6. The second-order valence-corrected chi connectivity index (χ2v) is 11.9. The van der Waals surface area contributed by atoms with Crippen LogP contribution in [0.25, 0.3) is 0 Å². The molecular formula is C26H46N2O18. The van der Waals surface area contributed by atoms with E-state index in [0.29, 0.717) is 0 Å². The monoisotopic (exact) mass is 674 g/mol. The van der Waals surface area contributed by atoms with Crippen LogP contribution in [0.3, 0.4) is 0 Å². The fraction of sp³-hybridized carbons (Fsp3) is 0.962. The Morgan fingerprint density at radius 3 is 1.59 bits per heavy atom. The normalized spacial score (nSPS) is 51.9. The first-order valence-corrected chi connectivity index (χ1v) is 14.9. The molecule has 20 atom stereocenters. The summed E-state index contributed by atoms with van der Waals surface area (Å²) >= 11 is 0. The molecule has 4 rings (SSSR count). The predicted octanol–water partition coefficient (Wildman–Crippen LogP) is -7.58. The quantitative estimate of drug-likeness (QED) is 0.108. The minimum atomic E-state index is -1.85. The molecule has 0 saturated carbocycles. The summed E-state index contributed by atoms with van der Waals surface area (Å²) in [5, 5.41) is 106. The molecule has 0 aromatic heterocycles. The van der Waals surface area contributed by atoms with Gasteiger partial charge in [-0.3, -0.25) is 4.79 Å². The highest BCUT2D eigenvalue weighted by Gasteiger charge is 2.55. The number of aliphatic hydroxyl groups excluding tert-OH is 10. The number of amides is 1. The van der Waals surface area contributed by atoms with Gasteiger partial charge < -0.3 is 95.3 Å². The Bertz CT molecular complexity index is 1000. The molecule has 0 aromatic carbocycles. The second-order valence-electron chi connectivity index (χ2n) is 11.9. The summed E-state index contributed by atoms with van der Waals surface area (Å²) in [7, 11) is 0. The van der Waals surface area contributed by atoms with Crippen LogP contribution in [0.4, 0.5) is 0 Å². The first kappa shape index (κ1) is 37.6. The van der Waals surface area contributed by atoms with Crippen LogP contribution in [0.5, 0.6) is 0 Å². The van der Waals surface area contributed by atoms with Crippen molar-refractivity contribution in [1.29, 1.82) is 0 Å². The van der Waals surface area contributed by atoms with Gasteiger partial charge in [0.25, 0.3) is 0 Å². The van der Waals surface area contributed by atoms with Crippen LogP contribution in [-0.2, 0) is 38.0 Å². The Kier molecular flexibility index (Phi) is 12.7. The number of aliphatic hydroxyl groups is 10. The first-order valence-electron chi connectivity index (χ1n) is 14.9. The highest BCUT2D eigenvalue weighted by molar-refractivity contribution is 5.73. The molecule has 268 valence electrons. The summed E-state index contributed by atoms with van der Waals surface area (Å²) in [4.78, 5) is 12.2. The molecule has 13 N–H and O–H groups in total. The lowest BCUT2D eigenvalue weighted by atomic mass is 9.94. The molecule has 0 radical (unpaired) electrons. The average Bonchev–Trinajstić information content (AvgIpc) is 3.01. The van der Waals surface area contributed by atoms with Crippen LogP contribution >= 0.6 is 0 Å². The lowest BCUT2D eigenvalue weighted by Gasteiger charge is -2.50. The molecule has 0 aromatic rings. The smallest absolute Gasteiger partial charge is 0.217 e. The van der Waals surface area contributed by atoms with Gasteiger partial charge in [-0.2, -0.15) is 0 Å². The van der Waals surface area contributed by atoms with Gasteiger partial charge >= 0.3 is 0 Å². The molecule has 4 aliphatic rings. The van der Waals surface area contributed by atoms with Gasteiger partial charge in [-0.05, 0) is 13.8 Å². The zero-order chi connectivity index (χ0) is 34.2. The predicted molar refractivity (Wildman–Crippen MR) is 145 cm³/mol. The van der Waals surface area contributed by atoms with E-state index in [1.807, 2.05) is 0 Å². The molecule has 0 unspecified atom stereocenters. The third kappa shape index (κ3) is 7.64. The van der Waals surface area contributed by atoms with Crippen LogP contribution in [0.1, 0.15) is 20.8 Å². The highest BCUT2D eigenvalue weighted by atomic mass is 16.8. The fourth-order valence-electron chi connectivity index (χ4n) is 5.86. The topological polar surface area (TPSA) is 322 Å². The second kappa shape index (κ2) is 15.5. The molecule has 46 heavy (non-hydrogen) atoms. The third-order valence-electron chi connectivity index (χ3n) is 8.62. The Morgan fingerprint density at radius 1 is 0.630 bits per heavy atom. The number of rotatable bonds is 9. The van der Waals surface area contributed by atoms with Crippen molar-refractivity contribution in [2.24, 2.45) is 5.73 Å². The molecule has 4 saturated heterocycles. The lowest BCUT2D eigenvalue weighted by Crippen LogP contribution is -2.70. The van der Waals surface area contributed by atoms with Gasteiger partial charge in [-0.25, -0.2) is 0 Å². The van der Waals surface area contributed by atoms with Crippen molar-refractivity contribution >= 4 is 5.91 Å². The molecule has 4 heterocycles. The fourth-order valence-corrected chi connectivity index (χ4v) is 5.86. The molecule has 20 heteroatoms. The number of hydrogen-bond donors (Lipinski definition) is 12. The lowest BCUT2D eigenvalue weighted by molar-refractivity contribution is -0.383. The summed E-state index contributed by atoms with van der Waals surface area (Å²) in [5.74, 6) is -0.684. The minimum Gasteiger partial charge on any atom is -0.394 e. The summed E-state index contributed by atoms with van der Waals surface area (Å²) in [6, 6.07) is -2.80. The summed E-state index contributed by atoms with van der Waals surface area (Å²) in [6.45, 7) is 2.35. The van der Waals surface area contributed by atoms with E-state index in [0.717, 1.165) is 6.92 Å². The van der Waals surface area contributed by atoms with E-state index < -0.39 is 142 Å². The Morgan fingerprint density at radius 2 is 1.11 bits per heavy atom. The van der Waals surface area contributed by atoms with Gasteiger partial charge in [0, 0.05) is 6.92 Å². The molecular weight excluding hydrogens is 628 g/mol. The zero-order valence-electron chi connectivity index (χ0n) is 25.3. The van der Waals surface area contributed by atoms with Crippen LogP contribution in [-0.4, -0.2) is 193 Å². The maximum Gasteiger partial charge on any atom is 0.217 e. The Labute approximate surface area is 263 Å². The SMILES string of the molecule is CC(=O)N[C@@H]1[C@@H](O[C@@H]2O[C@H](CO)[C@H](N)[C@H](O)[C@H]2O[C@@H]2O[C@@H](C)[C@@H](O)[C@@H](O)[C@@H]2O)[C@H](O[C@@H]2O[C@@H](C)[C@@H](O)[C@@H](O)[C@@H]2O)[C@@H](CO)O[C@H]1O. The summed E-state index contributed by atoms with van der Waals surface area (Å²) in [5.41, 5.74) is 6.07. The number of hydrogen-bond acceptors (Lipinski definition) is 19. The van der Waals surface area contributed by atoms with Crippen molar-refractivity contribution in [3.05, 3.63) is 0 Å². The van der Waals surface area contributed by atoms with Crippen molar-refractivity contribution in [3.63, 3.8) is 0 Å². The molecule has 4 aliphatic heterocycles. The summed E-state index contributed by atoms with van der Waals surface area (Å²) < 4.78 is 40.2. The molecule has 0 bridgehead atoms. The number of nitrogens with two attached hydrogens (primary N) is 1. The van der Waals surface area contributed by atoms with Crippen LogP contribution < -0.4 is 11.1 Å². The van der Waals surface area contributed by atoms with Crippen LogP contribution in [0.2, 0.25) is 0 Å². The van der Waals surface area contributed by atoms with E-state index in [-0.39, 0.29) is 0 Å². The van der Waals surface area contributed by atoms with Gasteiger partial charge in [0.2, 0.25) is 5.91 Å². The molecule has 20 nitrogen and oxygen atoms in total. The molecule has 4 fully saturated rings. The van der Waals surface area contributed by atoms with Gasteiger partial charge in [0.1, 0.15) is 79.3 Å². The van der Waals surface area contributed by atoms with Crippen molar-refractivity contribution in [3.8, 4) is 0 Å². The van der Waals surface area contributed by atoms with Crippen molar-refractivity contribution in [1.82, 2.24) is 5.32 Å². The number of carbonyl (C=O) groups is 1. The van der Waals surface area contributed by atoms with Gasteiger partial charge in [-0.1, -0.05) is 0 Å². The van der Waals surface area contributed by atoms with E-state index in [9.17, 15) is 55.9 Å². The third-order valence-corrected chi connectivity index (χ3v) is 8.62. The molecule has 1 amide bonds. The van der Waals surface area contributed by atoms with Crippen molar-refractivity contribution < 1.29 is 89.0 Å². The van der Waals surface area contributed by atoms with E-state index in [4.69, 9.17) is 38.9 Å². The van der Waals surface area contributed by atoms with Crippen LogP contribution in [0, 0.1) is 0 Å². The maximum atomic E-state index is 12.2. The molecule has 0 spiro atoms. The van der Waals surface area contributed by atoms with Crippen molar-refractivity contribution in [2.45, 2.75) is 143 Å². The van der Waals surface area contributed by atoms with Gasteiger partial charge in [-0.15, -0.1) is 0 Å². The largest absolute Gasteiger partial charge is 0.394 e. The van der Waals surface area contributed by atoms with Crippen molar-refractivity contribution in [2.75, 3.05) is 13.2 Å². The Hall–Kier alpha value is -1.25. The highest BCUT2D eigenvalue weighted by Crippen LogP contribution is 2.34. The zero-order valence-corrected chi connectivity index (χ0v) is 25.3. The van der Waals surface area contributed by atoms with Gasteiger partial charge in [0.15, 0.2) is 25.2 Å². The standard InChI is InChI=1S/C26H46N2O18/c1-6-13(32)16(35)18(37)24(40-6)44-20-10(5-30)42-23(39)12(28-8(3)31)21(20)45-26-22(15(34)11(27)9(4-29)43-26)46-25-19(38)17(36)14(33)7(2)41-25/h6-7,9-26,29-30,32-39H,4-5,27H2,1-3H3,(H,28,31)/t6-,7-,9+,10+,11-,12+,13+,14+,15-,16+,17+,18-,19-,20+,21+,22+,23+,24-,25-,26-/m0/s1. The van der Waals surface area contributed by atoms with Crippen LogP contribution in [0.15, 0.2) is 0 Å². The number of carbonyl (C=O) groups excluding carboxylic acids is 1. The Balaban J connectivity index is 1.69. The number of ether oxygens (including phenoxy) is 7. The maximum absolute atomic E-state index is 12.2. The van der Waals surface area contributed by atoms with E-state index in [1.165, 1.54) is 13.8 Å². The molecule has 0 aliphatic carbocycles. The average molecular weight is 675 g/mol. The van der Waals surface area contributed by atoms with E-state index in [2.05, 4.69) is 5.32 Å².